The van der Waals surface area contributed by atoms with E-state index in [-0.39, 0.29) is 63.7 Å². The summed E-state index contributed by atoms with van der Waals surface area (Å²) < 4.78 is 28.2. The van der Waals surface area contributed by atoms with Crippen LogP contribution in [-0.4, -0.2) is 161 Å². The summed E-state index contributed by atoms with van der Waals surface area (Å²) in [6.07, 6.45) is 21.9. The van der Waals surface area contributed by atoms with Gasteiger partial charge < -0.3 is 38.5 Å². The number of carbonyl (C=O) groups excluding carboxylic acids is 4. The van der Waals surface area contributed by atoms with E-state index in [1.165, 1.54) is 43.6 Å². The molecule has 0 saturated heterocycles. The van der Waals surface area contributed by atoms with Crippen molar-refractivity contribution >= 4 is 184 Å². The number of hydrogen-bond acceptors (Lipinski definition) is 12. The second kappa shape index (κ2) is 45.1. The second-order valence-corrected chi connectivity index (χ2v) is 26.2. The van der Waals surface area contributed by atoms with Gasteiger partial charge in [-0.25, -0.2) is 39.1 Å². The maximum absolute atomic E-state index is 12.3. The third kappa shape index (κ3) is 28.3. The van der Waals surface area contributed by atoms with Crippen molar-refractivity contribution in [3.8, 4) is 23.0 Å². The van der Waals surface area contributed by atoms with Crippen LogP contribution in [0.5, 0.6) is 23.0 Å². The predicted molar refractivity (Wildman–Crippen MR) is 379 cm³/mol. The zero-order chi connectivity index (χ0) is 70.0. The Morgan fingerprint density at radius 1 is 0.337 bits per heavy atom. The van der Waals surface area contributed by atoms with Crippen LogP contribution in [0.1, 0.15) is 53.4 Å². The minimum atomic E-state index is -0.152. The Morgan fingerprint density at radius 3 is 0.642 bits per heavy atom. The number of carbonyl (C=O) groups is 4. The molecule has 0 bridgehead atoms. The Balaban J connectivity index is 0.000000266. The first kappa shape index (κ1) is 82.8. The number of nitrogens with zero attached hydrogens (tertiary/aromatic N) is 12. The third-order valence-electron chi connectivity index (χ3n) is 12.2. The number of halogens is 14. The Kier molecular flexibility index (Phi) is 39.3. The van der Waals surface area contributed by atoms with E-state index in [2.05, 4.69) is 19.9 Å². The second-order valence-electron chi connectivity index (χ2n) is 19.2. The first-order valence-corrected chi connectivity index (χ1v) is 36.4. The molecule has 4 heterocycles. The molecule has 0 N–H and O–H groups in total. The molecule has 4 aromatic carbocycles. The molecule has 4 amide bonds. The molecule has 517 valence electrons. The summed E-state index contributed by atoms with van der Waals surface area (Å²) in [6.45, 7) is 13.1. The van der Waals surface area contributed by atoms with Gasteiger partial charge in [0, 0.05) is 95.8 Å². The van der Waals surface area contributed by atoms with Crippen LogP contribution in [0.15, 0.2) is 123 Å². The van der Waals surface area contributed by atoms with Gasteiger partial charge in [-0.1, -0.05) is 167 Å². The van der Waals surface area contributed by atoms with Crippen molar-refractivity contribution in [3.63, 3.8) is 0 Å². The number of ether oxygens (including phenoxy) is 4. The zero-order valence-electron chi connectivity index (χ0n) is 51.2. The molecule has 0 radical (unpaired) electrons. The molecule has 95 heavy (non-hydrogen) atoms. The molecule has 20 nitrogen and oxygen atoms in total. The molecule has 0 aliphatic rings. The van der Waals surface area contributed by atoms with Gasteiger partial charge in [-0.3, -0.25) is 18.3 Å². The molecule has 0 aliphatic heterocycles. The van der Waals surface area contributed by atoms with Crippen LogP contribution in [0.25, 0.3) is 0 Å². The summed E-state index contributed by atoms with van der Waals surface area (Å²) in [7, 11) is 9.59. The molecule has 4 aromatic heterocycles. The summed E-state index contributed by atoms with van der Waals surface area (Å²) in [5.41, 5.74) is 0. The van der Waals surface area contributed by atoms with Crippen molar-refractivity contribution < 1.29 is 51.3 Å². The third-order valence-corrected chi connectivity index (χ3v) is 15.4. The molecule has 0 saturated carbocycles. The van der Waals surface area contributed by atoms with Gasteiger partial charge in [-0.2, -0.15) is 0 Å². The summed E-state index contributed by atoms with van der Waals surface area (Å²) in [5, 5.41) is 4.47. The SMILES string of the molecule is CCCN(CCOc1c(Cl)cc(Cl)cc1Cl)C(=O)n1ccnc1.CCCN(CCOc1c(Cl)cc(Cl)cc1Cl)C(=O)n1ccnc1.CCCN(CCOc1c(Cl)cc(Cl)cc1Cl)C(=O)n1ccnc1.CCCN(CCOc1c(Cl)cc(Cl)cc1Cl)C(=O)n1ccnc1.[Cl][Mn][Cl]. The van der Waals surface area contributed by atoms with Gasteiger partial charge in [0.2, 0.25) is 0 Å². The molecule has 0 fully saturated rings. The van der Waals surface area contributed by atoms with Gasteiger partial charge in [0.15, 0.2) is 23.0 Å². The minimum absolute atomic E-state index is 0.00694. The normalized spacial score (nSPS) is 10.5. The van der Waals surface area contributed by atoms with Crippen LogP contribution in [0.3, 0.4) is 0 Å². The molecule has 8 aromatic rings. The molecule has 0 unspecified atom stereocenters. The van der Waals surface area contributed by atoms with E-state index in [9.17, 15) is 19.2 Å². The first-order valence-electron chi connectivity index (χ1n) is 28.6. The van der Waals surface area contributed by atoms with Gasteiger partial charge in [0.1, 0.15) is 51.7 Å². The topological polar surface area (TPSA) is 189 Å². The fourth-order valence-electron chi connectivity index (χ4n) is 8.13. The number of imidazole rings is 4. The molecule has 8 rings (SSSR count). The Morgan fingerprint density at radius 2 is 0.505 bits per heavy atom. The van der Waals surface area contributed by atoms with E-state index >= 15 is 0 Å². The predicted octanol–water partition coefficient (Wildman–Crippen LogP) is 19.8. The van der Waals surface area contributed by atoms with E-state index < -0.39 is 0 Å². The Bertz CT molecular complexity index is 3050. The number of amides is 4. The average molecular weight is 1630 g/mol. The Hall–Kier alpha value is -4.62. The standard InChI is InChI=1S/4C15H16Cl3N3O2.2ClH.Mn/c4*1-2-4-20(15(22)21-5-3-19-10-21)6-7-23-14-12(17)8-11(16)9-13(14)18;;;/h4*3,5,8-10H,2,4,6-7H2,1H3;2*1H;/q;;;;;;+2/p-2. The van der Waals surface area contributed by atoms with Gasteiger partial charge in [0.05, 0.1) is 66.4 Å². The summed E-state index contributed by atoms with van der Waals surface area (Å²) in [4.78, 5) is 71.6. The van der Waals surface area contributed by atoms with Crippen LogP contribution >= 0.6 is 159 Å². The van der Waals surface area contributed by atoms with Gasteiger partial charge in [-0.05, 0) is 74.2 Å². The number of benzene rings is 4. The van der Waals surface area contributed by atoms with Crippen LogP contribution in [0, 0.1) is 0 Å². The molecule has 0 aliphatic carbocycles. The van der Waals surface area contributed by atoms with E-state index in [1.54, 1.807) is 118 Å². The fourth-order valence-corrected chi connectivity index (χ4v) is 11.8. The fraction of sp³-hybridized carbons (Fsp3) is 0.333. The van der Waals surface area contributed by atoms with Crippen molar-refractivity contribution in [1.29, 1.82) is 0 Å². The van der Waals surface area contributed by atoms with Crippen LogP contribution in [-0.2, 0) is 13.1 Å². The summed E-state index contributed by atoms with van der Waals surface area (Å²) >= 11 is 72.0. The van der Waals surface area contributed by atoms with Gasteiger partial charge in [0.25, 0.3) is 0 Å². The van der Waals surface area contributed by atoms with Gasteiger partial charge >= 0.3 is 57.5 Å². The van der Waals surface area contributed by atoms with Gasteiger partial charge in [-0.15, -0.1) is 0 Å². The number of hydrogen-bond donors (Lipinski definition) is 0. The molecular formula is C60H64Cl14MnN12O8. The van der Waals surface area contributed by atoms with Crippen LogP contribution < -0.4 is 18.9 Å². The zero-order valence-corrected chi connectivity index (χ0v) is 62.9. The van der Waals surface area contributed by atoms with E-state index in [0.29, 0.717) is 136 Å². The first-order chi connectivity index (χ1) is 45.5. The monoisotopic (exact) mass is 1620 g/mol. The van der Waals surface area contributed by atoms with E-state index in [4.69, 9.17) is 178 Å². The number of rotatable bonds is 24. The van der Waals surface area contributed by atoms with Crippen LogP contribution in [0.4, 0.5) is 19.2 Å². The molecule has 0 atom stereocenters. The molecular weight excluding hydrogens is 1570 g/mol. The van der Waals surface area contributed by atoms with Crippen molar-refractivity contribution in [3.05, 3.63) is 184 Å². The van der Waals surface area contributed by atoms with Crippen molar-refractivity contribution in [1.82, 2.24) is 57.8 Å². The quantitative estimate of drug-likeness (QED) is 0.0521. The maximum atomic E-state index is 12.3. The number of aromatic nitrogens is 8. The van der Waals surface area contributed by atoms with Crippen molar-refractivity contribution in [2.24, 2.45) is 0 Å². The summed E-state index contributed by atoms with van der Waals surface area (Å²) in [5.74, 6) is 1.46. The van der Waals surface area contributed by atoms with E-state index in [0.717, 1.165) is 25.7 Å². The average Bonchev–Trinajstić information content (AvgIpc) is 1.87. The van der Waals surface area contributed by atoms with Crippen molar-refractivity contribution in [2.45, 2.75) is 53.4 Å². The van der Waals surface area contributed by atoms with Crippen molar-refractivity contribution in [2.75, 3.05) is 78.8 Å². The molecule has 0 spiro atoms. The van der Waals surface area contributed by atoms with Crippen LogP contribution in [0.2, 0.25) is 60.3 Å². The van der Waals surface area contributed by atoms with E-state index in [1.807, 2.05) is 27.7 Å². The summed E-state index contributed by atoms with van der Waals surface area (Å²) in [6, 6.07) is 11.9. The molecule has 35 heteroatoms. The Labute approximate surface area is 625 Å².